The van der Waals surface area contributed by atoms with E-state index in [2.05, 4.69) is 5.32 Å². The summed E-state index contributed by atoms with van der Waals surface area (Å²) in [7, 11) is 1.57. The van der Waals surface area contributed by atoms with Crippen LogP contribution in [0.1, 0.15) is 16.7 Å². The van der Waals surface area contributed by atoms with E-state index in [1.54, 1.807) is 20.1 Å². The van der Waals surface area contributed by atoms with Crippen LogP contribution in [0.3, 0.4) is 0 Å². The summed E-state index contributed by atoms with van der Waals surface area (Å²) in [4.78, 5) is 0. The first kappa shape index (κ1) is 14.3. The maximum absolute atomic E-state index is 13.2. The second kappa shape index (κ2) is 6.39. The van der Waals surface area contributed by atoms with E-state index < -0.39 is 0 Å². The van der Waals surface area contributed by atoms with Crippen LogP contribution in [-0.2, 0) is 13.2 Å². The van der Waals surface area contributed by atoms with E-state index in [-0.39, 0.29) is 12.4 Å². The lowest BCUT2D eigenvalue weighted by Crippen LogP contribution is -2.01. The summed E-state index contributed by atoms with van der Waals surface area (Å²) in [5.74, 6) is 0.469. The van der Waals surface area contributed by atoms with Crippen molar-refractivity contribution in [2.45, 2.75) is 20.1 Å². The van der Waals surface area contributed by atoms with Crippen molar-refractivity contribution in [3.63, 3.8) is 0 Å². The average molecular weight is 275 g/mol. The number of anilines is 1. The molecular formula is C16H18FNO2. The van der Waals surface area contributed by atoms with Gasteiger partial charge in [-0.3, -0.25) is 0 Å². The number of methoxy groups -OCH3 is 1. The highest BCUT2D eigenvalue weighted by molar-refractivity contribution is 5.51. The molecular weight excluding hydrogens is 257 g/mol. The first-order chi connectivity index (χ1) is 9.63. The van der Waals surface area contributed by atoms with Gasteiger partial charge in [-0.15, -0.1) is 0 Å². The molecule has 4 heteroatoms. The van der Waals surface area contributed by atoms with E-state index in [1.807, 2.05) is 24.3 Å². The second-order valence-electron chi connectivity index (χ2n) is 4.62. The lowest BCUT2D eigenvalue weighted by Gasteiger charge is -2.11. The zero-order valence-electron chi connectivity index (χ0n) is 11.6. The van der Waals surface area contributed by atoms with Gasteiger partial charge in [0.15, 0.2) is 0 Å². The van der Waals surface area contributed by atoms with Crippen molar-refractivity contribution < 1.29 is 14.2 Å². The first-order valence-corrected chi connectivity index (χ1v) is 6.40. The highest BCUT2D eigenvalue weighted by atomic mass is 19.1. The molecule has 0 aliphatic rings. The van der Waals surface area contributed by atoms with Gasteiger partial charge in [-0.25, -0.2) is 4.39 Å². The Bertz CT molecular complexity index is 599. The molecule has 3 nitrogen and oxygen atoms in total. The number of benzene rings is 2. The minimum atomic E-state index is -0.194. The summed E-state index contributed by atoms with van der Waals surface area (Å²) in [6.45, 7) is 2.27. The number of aryl methyl sites for hydroxylation is 1. The number of aliphatic hydroxyl groups is 1. The van der Waals surface area contributed by atoms with Crippen LogP contribution < -0.4 is 10.1 Å². The van der Waals surface area contributed by atoms with Crippen LogP contribution in [0.15, 0.2) is 36.4 Å². The lowest BCUT2D eigenvalue weighted by atomic mass is 10.1. The number of rotatable bonds is 5. The summed E-state index contributed by atoms with van der Waals surface area (Å²) in [6, 6.07) is 10.6. The van der Waals surface area contributed by atoms with Crippen molar-refractivity contribution in [2.75, 3.05) is 12.4 Å². The third-order valence-electron chi connectivity index (χ3n) is 3.17. The fourth-order valence-electron chi connectivity index (χ4n) is 2.03. The standard InChI is InChI=1S/C16H18FNO2/c1-11-7-12(3-5-15(11)17)9-18-14-4-6-16(20-2)13(8-14)10-19/h3-8,18-19H,9-10H2,1-2H3. The molecule has 0 aliphatic heterocycles. The SMILES string of the molecule is COc1ccc(NCc2ccc(F)c(C)c2)cc1CO. The molecule has 0 aliphatic carbocycles. The molecule has 106 valence electrons. The van der Waals surface area contributed by atoms with E-state index in [1.165, 1.54) is 6.07 Å². The summed E-state index contributed by atoms with van der Waals surface area (Å²) >= 11 is 0. The highest BCUT2D eigenvalue weighted by Gasteiger charge is 2.04. The van der Waals surface area contributed by atoms with E-state index in [0.717, 1.165) is 16.8 Å². The highest BCUT2D eigenvalue weighted by Crippen LogP contribution is 2.23. The molecule has 2 aromatic carbocycles. The molecule has 0 amide bonds. The molecule has 0 radical (unpaired) electrons. The van der Waals surface area contributed by atoms with Gasteiger partial charge in [0, 0.05) is 17.8 Å². The Morgan fingerprint density at radius 3 is 2.65 bits per heavy atom. The molecule has 0 aromatic heterocycles. The Hall–Kier alpha value is -2.07. The molecule has 0 saturated carbocycles. The Labute approximate surface area is 118 Å². The van der Waals surface area contributed by atoms with E-state index in [0.29, 0.717) is 17.9 Å². The third kappa shape index (κ3) is 3.27. The van der Waals surface area contributed by atoms with Crippen LogP contribution in [0.25, 0.3) is 0 Å². The third-order valence-corrected chi connectivity index (χ3v) is 3.17. The molecule has 2 aromatic rings. The quantitative estimate of drug-likeness (QED) is 0.880. The molecule has 0 atom stereocenters. The number of nitrogens with one attached hydrogen (secondary N) is 1. The van der Waals surface area contributed by atoms with Crippen molar-refractivity contribution in [3.8, 4) is 5.75 Å². The van der Waals surface area contributed by atoms with Gasteiger partial charge >= 0.3 is 0 Å². The van der Waals surface area contributed by atoms with Gasteiger partial charge in [-0.2, -0.15) is 0 Å². The topological polar surface area (TPSA) is 41.5 Å². The summed E-state index contributed by atoms with van der Waals surface area (Å²) < 4.78 is 18.3. The van der Waals surface area contributed by atoms with Crippen LogP contribution in [0.5, 0.6) is 5.75 Å². The Kier molecular flexibility index (Phi) is 4.58. The zero-order valence-corrected chi connectivity index (χ0v) is 11.6. The van der Waals surface area contributed by atoms with Gasteiger partial charge in [-0.05, 0) is 42.3 Å². The maximum Gasteiger partial charge on any atom is 0.126 e. The number of hydrogen-bond donors (Lipinski definition) is 2. The van der Waals surface area contributed by atoms with E-state index in [4.69, 9.17) is 4.74 Å². The maximum atomic E-state index is 13.2. The smallest absolute Gasteiger partial charge is 0.126 e. The van der Waals surface area contributed by atoms with Gasteiger partial charge in [0.25, 0.3) is 0 Å². The molecule has 0 fully saturated rings. The fourth-order valence-corrected chi connectivity index (χ4v) is 2.03. The van der Waals surface area contributed by atoms with Crippen molar-refractivity contribution >= 4 is 5.69 Å². The molecule has 0 unspecified atom stereocenters. The van der Waals surface area contributed by atoms with Crippen molar-refractivity contribution in [2.24, 2.45) is 0 Å². The largest absolute Gasteiger partial charge is 0.496 e. The fraction of sp³-hybridized carbons (Fsp3) is 0.250. The van der Waals surface area contributed by atoms with Crippen LogP contribution in [0.2, 0.25) is 0 Å². The van der Waals surface area contributed by atoms with Gasteiger partial charge < -0.3 is 15.2 Å². The summed E-state index contributed by atoms with van der Waals surface area (Å²) in [5.41, 5.74) is 3.25. The van der Waals surface area contributed by atoms with E-state index in [9.17, 15) is 9.50 Å². The predicted octanol–water partition coefficient (Wildman–Crippen LogP) is 3.25. The summed E-state index contributed by atoms with van der Waals surface area (Å²) in [6.07, 6.45) is 0. The Morgan fingerprint density at radius 2 is 2.00 bits per heavy atom. The molecule has 0 heterocycles. The summed E-state index contributed by atoms with van der Waals surface area (Å²) in [5, 5.41) is 12.5. The minimum Gasteiger partial charge on any atom is -0.496 e. The average Bonchev–Trinajstić information content (AvgIpc) is 2.48. The zero-order chi connectivity index (χ0) is 14.5. The van der Waals surface area contributed by atoms with Crippen molar-refractivity contribution in [1.29, 1.82) is 0 Å². The van der Waals surface area contributed by atoms with Gasteiger partial charge in [0.05, 0.1) is 13.7 Å². The molecule has 2 N–H and O–H groups in total. The number of aliphatic hydroxyl groups excluding tert-OH is 1. The van der Waals surface area contributed by atoms with Crippen LogP contribution in [-0.4, -0.2) is 12.2 Å². The van der Waals surface area contributed by atoms with E-state index >= 15 is 0 Å². The van der Waals surface area contributed by atoms with Crippen LogP contribution in [0.4, 0.5) is 10.1 Å². The van der Waals surface area contributed by atoms with Crippen LogP contribution >= 0.6 is 0 Å². The molecule has 0 saturated heterocycles. The van der Waals surface area contributed by atoms with Gasteiger partial charge in [0.1, 0.15) is 11.6 Å². The minimum absolute atomic E-state index is 0.0750. The number of halogens is 1. The normalized spacial score (nSPS) is 10.4. The Morgan fingerprint density at radius 1 is 1.20 bits per heavy atom. The predicted molar refractivity (Wildman–Crippen MR) is 77.4 cm³/mol. The molecule has 20 heavy (non-hydrogen) atoms. The molecule has 0 bridgehead atoms. The van der Waals surface area contributed by atoms with Gasteiger partial charge in [-0.1, -0.05) is 12.1 Å². The lowest BCUT2D eigenvalue weighted by molar-refractivity contribution is 0.274. The van der Waals surface area contributed by atoms with Gasteiger partial charge in [0.2, 0.25) is 0 Å². The Balaban J connectivity index is 2.08. The van der Waals surface area contributed by atoms with Crippen molar-refractivity contribution in [3.05, 3.63) is 58.9 Å². The number of hydrogen-bond acceptors (Lipinski definition) is 3. The molecule has 0 spiro atoms. The van der Waals surface area contributed by atoms with Crippen LogP contribution in [0, 0.1) is 12.7 Å². The number of ether oxygens (including phenoxy) is 1. The second-order valence-corrected chi connectivity index (χ2v) is 4.62. The monoisotopic (exact) mass is 275 g/mol. The first-order valence-electron chi connectivity index (χ1n) is 6.40. The van der Waals surface area contributed by atoms with Crippen molar-refractivity contribution in [1.82, 2.24) is 0 Å². The molecule has 2 rings (SSSR count).